The lowest BCUT2D eigenvalue weighted by atomic mass is 10.2. The van der Waals surface area contributed by atoms with Crippen LogP contribution >= 0.6 is 15.9 Å². The molecule has 2 aromatic rings. The quantitative estimate of drug-likeness (QED) is 0.899. The van der Waals surface area contributed by atoms with Crippen LogP contribution in [0.5, 0.6) is 5.75 Å². The molecular weight excluding hydrogens is 354 g/mol. The number of aromatic hydroxyl groups is 1. The summed E-state index contributed by atoms with van der Waals surface area (Å²) in [4.78, 5) is 0.290. The second kappa shape index (κ2) is 6.17. The van der Waals surface area contributed by atoms with Crippen LogP contribution in [0, 0.1) is 6.92 Å². The first-order valence-corrected chi connectivity index (χ1v) is 8.54. The molecule has 1 N–H and O–H groups in total. The Morgan fingerprint density at radius 3 is 2.38 bits per heavy atom. The molecule has 0 fully saturated rings. The van der Waals surface area contributed by atoms with E-state index in [4.69, 9.17) is 0 Å². The Hall–Kier alpha value is -1.37. The average Bonchev–Trinajstić information content (AvgIpc) is 2.43. The molecule has 0 atom stereocenters. The van der Waals surface area contributed by atoms with E-state index in [9.17, 15) is 13.5 Å². The minimum Gasteiger partial charge on any atom is -0.508 e. The van der Waals surface area contributed by atoms with Gasteiger partial charge in [-0.05, 0) is 42.3 Å². The van der Waals surface area contributed by atoms with Crippen molar-refractivity contribution < 1.29 is 13.5 Å². The number of halogens is 1. The van der Waals surface area contributed by atoms with Gasteiger partial charge in [-0.1, -0.05) is 34.1 Å². The van der Waals surface area contributed by atoms with E-state index in [0.29, 0.717) is 5.56 Å². The zero-order valence-corrected chi connectivity index (χ0v) is 14.1. The lowest BCUT2D eigenvalue weighted by Gasteiger charge is -2.19. The van der Waals surface area contributed by atoms with E-state index in [2.05, 4.69) is 15.9 Å². The van der Waals surface area contributed by atoms with Crippen LogP contribution in [-0.4, -0.2) is 24.9 Å². The van der Waals surface area contributed by atoms with Crippen molar-refractivity contribution in [2.75, 3.05) is 7.05 Å². The van der Waals surface area contributed by atoms with E-state index in [-0.39, 0.29) is 17.2 Å². The van der Waals surface area contributed by atoms with Crippen LogP contribution < -0.4 is 0 Å². The summed E-state index contributed by atoms with van der Waals surface area (Å²) in [6.45, 7) is 2.02. The molecule has 0 saturated carbocycles. The van der Waals surface area contributed by atoms with Crippen LogP contribution in [0.2, 0.25) is 0 Å². The van der Waals surface area contributed by atoms with Gasteiger partial charge in [0.25, 0.3) is 0 Å². The SMILES string of the molecule is Cc1ccc(Br)cc1S(=O)(=O)N(C)Cc1ccc(O)cc1. The van der Waals surface area contributed by atoms with E-state index in [0.717, 1.165) is 10.0 Å². The molecule has 0 radical (unpaired) electrons. The van der Waals surface area contributed by atoms with E-state index >= 15 is 0 Å². The van der Waals surface area contributed by atoms with Gasteiger partial charge in [0.15, 0.2) is 0 Å². The third-order valence-corrected chi connectivity index (χ3v) is 5.62. The Balaban J connectivity index is 2.30. The molecule has 0 saturated heterocycles. The summed E-state index contributed by atoms with van der Waals surface area (Å²) in [6, 6.07) is 11.7. The molecule has 0 bridgehead atoms. The van der Waals surface area contributed by atoms with Gasteiger partial charge >= 0.3 is 0 Å². The molecule has 0 heterocycles. The fourth-order valence-electron chi connectivity index (χ4n) is 1.96. The maximum absolute atomic E-state index is 12.6. The lowest BCUT2D eigenvalue weighted by Crippen LogP contribution is -2.27. The first-order valence-electron chi connectivity index (χ1n) is 6.31. The molecule has 21 heavy (non-hydrogen) atoms. The molecule has 0 amide bonds. The number of phenols is 1. The maximum atomic E-state index is 12.6. The Morgan fingerprint density at radius 1 is 1.14 bits per heavy atom. The molecule has 2 rings (SSSR count). The van der Waals surface area contributed by atoms with Crippen molar-refractivity contribution in [3.63, 3.8) is 0 Å². The van der Waals surface area contributed by atoms with E-state index in [1.54, 1.807) is 50.4 Å². The predicted molar refractivity (Wildman–Crippen MR) is 85.6 cm³/mol. The van der Waals surface area contributed by atoms with Gasteiger partial charge in [-0.2, -0.15) is 4.31 Å². The number of rotatable bonds is 4. The van der Waals surface area contributed by atoms with E-state index in [1.807, 2.05) is 6.07 Å². The highest BCUT2D eigenvalue weighted by atomic mass is 79.9. The van der Waals surface area contributed by atoms with Gasteiger partial charge in [0.1, 0.15) is 5.75 Å². The van der Waals surface area contributed by atoms with E-state index in [1.165, 1.54) is 4.31 Å². The Kier molecular flexibility index (Phi) is 4.70. The minimum atomic E-state index is -3.56. The number of aryl methyl sites for hydroxylation is 1. The third-order valence-electron chi connectivity index (χ3n) is 3.18. The van der Waals surface area contributed by atoms with Crippen LogP contribution in [0.4, 0.5) is 0 Å². The average molecular weight is 370 g/mol. The predicted octanol–water partition coefficient (Wildman–Crippen LogP) is 3.28. The number of phenolic OH excluding ortho intramolecular Hbond substituents is 1. The Bertz CT molecular complexity index is 742. The van der Waals surface area contributed by atoms with Crippen molar-refractivity contribution in [1.29, 1.82) is 0 Å². The number of benzene rings is 2. The van der Waals surface area contributed by atoms with Crippen LogP contribution in [0.25, 0.3) is 0 Å². The lowest BCUT2D eigenvalue weighted by molar-refractivity contribution is 0.463. The second-order valence-corrected chi connectivity index (χ2v) is 7.77. The molecule has 0 aliphatic carbocycles. The second-order valence-electron chi connectivity index (χ2n) is 4.84. The Labute approximate surface area is 133 Å². The van der Waals surface area contributed by atoms with Gasteiger partial charge in [-0.25, -0.2) is 8.42 Å². The van der Waals surface area contributed by atoms with Crippen LogP contribution in [0.1, 0.15) is 11.1 Å². The molecule has 0 aliphatic heterocycles. The highest BCUT2D eigenvalue weighted by Crippen LogP contribution is 2.24. The van der Waals surface area contributed by atoms with Gasteiger partial charge in [0.2, 0.25) is 10.0 Å². The number of hydrogen-bond acceptors (Lipinski definition) is 3. The van der Waals surface area contributed by atoms with Crippen molar-refractivity contribution in [3.05, 3.63) is 58.1 Å². The topological polar surface area (TPSA) is 57.6 Å². The summed E-state index contributed by atoms with van der Waals surface area (Å²) < 4.78 is 27.3. The zero-order valence-electron chi connectivity index (χ0n) is 11.7. The number of sulfonamides is 1. The summed E-state index contributed by atoms with van der Waals surface area (Å²) in [5.41, 5.74) is 1.52. The fraction of sp³-hybridized carbons (Fsp3) is 0.200. The highest BCUT2D eigenvalue weighted by molar-refractivity contribution is 9.10. The minimum absolute atomic E-state index is 0.159. The number of nitrogens with zero attached hydrogens (tertiary/aromatic N) is 1. The van der Waals surface area contributed by atoms with Crippen molar-refractivity contribution >= 4 is 26.0 Å². The van der Waals surface area contributed by atoms with Crippen molar-refractivity contribution in [2.45, 2.75) is 18.4 Å². The van der Waals surface area contributed by atoms with Gasteiger partial charge in [-0.3, -0.25) is 0 Å². The van der Waals surface area contributed by atoms with E-state index < -0.39 is 10.0 Å². The summed E-state index contributed by atoms with van der Waals surface area (Å²) in [7, 11) is -2.02. The summed E-state index contributed by atoms with van der Waals surface area (Å²) in [6.07, 6.45) is 0. The van der Waals surface area contributed by atoms with Gasteiger partial charge in [-0.15, -0.1) is 0 Å². The number of hydrogen-bond donors (Lipinski definition) is 1. The van der Waals surface area contributed by atoms with Gasteiger partial charge in [0, 0.05) is 18.1 Å². The molecule has 0 unspecified atom stereocenters. The standard InChI is InChI=1S/C15H16BrNO3S/c1-11-3-6-13(16)9-15(11)21(19,20)17(2)10-12-4-7-14(18)8-5-12/h3-9,18H,10H2,1-2H3. The van der Waals surface area contributed by atoms with Crippen molar-refractivity contribution in [3.8, 4) is 5.75 Å². The largest absolute Gasteiger partial charge is 0.508 e. The smallest absolute Gasteiger partial charge is 0.243 e. The molecular formula is C15H16BrNO3S. The Morgan fingerprint density at radius 2 is 1.76 bits per heavy atom. The van der Waals surface area contributed by atoms with Gasteiger partial charge in [0.05, 0.1) is 4.90 Å². The zero-order chi connectivity index (χ0) is 15.6. The monoisotopic (exact) mass is 369 g/mol. The van der Waals surface area contributed by atoms with Crippen LogP contribution in [0.3, 0.4) is 0 Å². The highest BCUT2D eigenvalue weighted by Gasteiger charge is 2.23. The third kappa shape index (κ3) is 3.64. The molecule has 112 valence electrons. The molecule has 2 aromatic carbocycles. The first-order chi connectivity index (χ1) is 9.80. The summed E-state index contributed by atoms with van der Waals surface area (Å²) in [5.74, 6) is 0.159. The molecule has 4 nitrogen and oxygen atoms in total. The van der Waals surface area contributed by atoms with Crippen molar-refractivity contribution in [2.24, 2.45) is 0 Å². The van der Waals surface area contributed by atoms with Crippen molar-refractivity contribution in [1.82, 2.24) is 4.31 Å². The normalized spacial score (nSPS) is 11.8. The molecule has 6 heteroatoms. The fourth-order valence-corrected chi connectivity index (χ4v) is 3.88. The van der Waals surface area contributed by atoms with Crippen LogP contribution in [0.15, 0.2) is 51.8 Å². The van der Waals surface area contributed by atoms with Gasteiger partial charge < -0.3 is 5.11 Å². The summed E-state index contributed by atoms with van der Waals surface area (Å²) in [5, 5.41) is 9.26. The molecule has 0 aliphatic rings. The molecule has 0 spiro atoms. The molecule has 0 aromatic heterocycles. The maximum Gasteiger partial charge on any atom is 0.243 e. The summed E-state index contributed by atoms with van der Waals surface area (Å²) >= 11 is 3.30. The first kappa shape index (κ1) is 16.0. The van der Waals surface area contributed by atoms with Crippen LogP contribution in [-0.2, 0) is 16.6 Å².